The normalized spacial score (nSPS) is 16.6. The fourth-order valence-corrected chi connectivity index (χ4v) is 2.80. The number of aryl methyl sites for hydroxylation is 1. The summed E-state index contributed by atoms with van der Waals surface area (Å²) in [6.45, 7) is 5.37. The highest BCUT2D eigenvalue weighted by atomic mass is 35.5. The van der Waals surface area contributed by atoms with E-state index in [2.05, 4.69) is 41.1 Å². The summed E-state index contributed by atoms with van der Waals surface area (Å²) in [5, 5.41) is 1.83. The Kier molecular flexibility index (Phi) is 3.23. The van der Waals surface area contributed by atoms with Crippen molar-refractivity contribution in [3.05, 3.63) is 40.5 Å². The highest BCUT2D eigenvalue weighted by molar-refractivity contribution is 6.30. The Morgan fingerprint density at radius 3 is 2.78 bits per heavy atom. The molecule has 0 spiro atoms. The zero-order valence-electron chi connectivity index (χ0n) is 10.6. The van der Waals surface area contributed by atoms with Crippen LogP contribution in [0.25, 0.3) is 10.9 Å². The lowest BCUT2D eigenvalue weighted by Crippen LogP contribution is -2.18. The second kappa shape index (κ2) is 4.87. The standard InChI is InChI=1S/C15H17ClN2/c1-11-4-5-12-9-13(10-18-6-2-3-7-18)15(16)17-14(12)8-11/h4-5,8-9H,2-3,6-7,10H2,1H3. The van der Waals surface area contributed by atoms with Gasteiger partial charge in [0.15, 0.2) is 0 Å². The summed E-state index contributed by atoms with van der Waals surface area (Å²) in [7, 11) is 0. The van der Waals surface area contributed by atoms with Gasteiger partial charge in [-0.15, -0.1) is 0 Å². The molecule has 1 saturated heterocycles. The number of nitrogens with zero attached hydrogens (tertiary/aromatic N) is 2. The zero-order chi connectivity index (χ0) is 12.5. The topological polar surface area (TPSA) is 16.1 Å². The summed E-state index contributed by atoms with van der Waals surface area (Å²) in [6.07, 6.45) is 2.61. The second-order valence-corrected chi connectivity index (χ2v) is 5.48. The Morgan fingerprint density at radius 2 is 2.00 bits per heavy atom. The van der Waals surface area contributed by atoms with Crippen molar-refractivity contribution < 1.29 is 0 Å². The lowest BCUT2D eigenvalue weighted by Gasteiger charge is -2.15. The van der Waals surface area contributed by atoms with Crippen molar-refractivity contribution in [2.75, 3.05) is 13.1 Å². The Labute approximate surface area is 113 Å². The number of hydrogen-bond donors (Lipinski definition) is 0. The molecule has 0 N–H and O–H groups in total. The Bertz CT molecular complexity index is 574. The van der Waals surface area contributed by atoms with Gasteiger partial charge < -0.3 is 0 Å². The molecular formula is C15H17ClN2. The lowest BCUT2D eigenvalue weighted by atomic mass is 10.1. The minimum atomic E-state index is 0.653. The molecular weight excluding hydrogens is 244 g/mol. The number of halogens is 1. The molecule has 2 heterocycles. The summed E-state index contributed by atoms with van der Waals surface area (Å²) in [4.78, 5) is 6.96. The van der Waals surface area contributed by atoms with Gasteiger partial charge in [0.1, 0.15) is 5.15 Å². The van der Waals surface area contributed by atoms with Gasteiger partial charge in [0.2, 0.25) is 0 Å². The van der Waals surface area contributed by atoms with Gasteiger partial charge in [0.05, 0.1) is 5.52 Å². The van der Waals surface area contributed by atoms with Crippen LogP contribution in [-0.4, -0.2) is 23.0 Å². The molecule has 1 aliphatic heterocycles. The SMILES string of the molecule is Cc1ccc2cc(CN3CCCC3)c(Cl)nc2c1. The number of rotatable bonds is 2. The molecule has 3 rings (SSSR count). The van der Waals surface area contributed by atoms with Crippen molar-refractivity contribution in [3.8, 4) is 0 Å². The average Bonchev–Trinajstić information content (AvgIpc) is 2.83. The maximum atomic E-state index is 6.30. The first kappa shape index (κ1) is 11.9. The van der Waals surface area contributed by atoms with Crippen LogP contribution in [0, 0.1) is 6.92 Å². The Balaban J connectivity index is 1.96. The minimum Gasteiger partial charge on any atom is -0.299 e. The quantitative estimate of drug-likeness (QED) is 0.764. The van der Waals surface area contributed by atoms with Crippen LogP contribution in [0.2, 0.25) is 5.15 Å². The molecule has 0 saturated carbocycles. The molecule has 2 nitrogen and oxygen atoms in total. The van der Waals surface area contributed by atoms with Gasteiger partial charge in [-0.05, 0) is 50.6 Å². The molecule has 0 bridgehead atoms. The second-order valence-electron chi connectivity index (χ2n) is 5.12. The zero-order valence-corrected chi connectivity index (χ0v) is 11.4. The molecule has 94 valence electrons. The third-order valence-corrected chi connectivity index (χ3v) is 3.92. The summed E-state index contributed by atoms with van der Waals surface area (Å²) < 4.78 is 0. The number of likely N-dealkylation sites (tertiary alicyclic amines) is 1. The summed E-state index contributed by atoms with van der Waals surface area (Å²) in [5.41, 5.74) is 3.36. The lowest BCUT2D eigenvalue weighted by molar-refractivity contribution is 0.331. The fourth-order valence-electron chi connectivity index (χ4n) is 2.59. The smallest absolute Gasteiger partial charge is 0.134 e. The maximum absolute atomic E-state index is 6.30. The first-order chi connectivity index (χ1) is 8.72. The van der Waals surface area contributed by atoms with E-state index in [1.807, 2.05) is 0 Å². The van der Waals surface area contributed by atoms with E-state index in [9.17, 15) is 0 Å². The third-order valence-electron chi connectivity index (χ3n) is 3.59. The first-order valence-corrected chi connectivity index (χ1v) is 6.88. The van der Waals surface area contributed by atoms with Crippen LogP contribution in [0.1, 0.15) is 24.0 Å². The van der Waals surface area contributed by atoms with Crippen LogP contribution in [0.15, 0.2) is 24.3 Å². The molecule has 18 heavy (non-hydrogen) atoms. The molecule has 0 aliphatic carbocycles. The van der Waals surface area contributed by atoms with E-state index in [1.165, 1.54) is 36.9 Å². The Hall–Kier alpha value is -1.12. The molecule has 0 amide bonds. The van der Waals surface area contributed by atoms with Crippen LogP contribution in [0.3, 0.4) is 0 Å². The number of hydrogen-bond acceptors (Lipinski definition) is 2. The summed E-state index contributed by atoms with van der Waals surface area (Å²) in [5.74, 6) is 0. The number of aromatic nitrogens is 1. The van der Waals surface area contributed by atoms with Crippen molar-refractivity contribution in [3.63, 3.8) is 0 Å². The largest absolute Gasteiger partial charge is 0.299 e. The maximum Gasteiger partial charge on any atom is 0.134 e. The van der Waals surface area contributed by atoms with E-state index >= 15 is 0 Å². The molecule has 3 heteroatoms. The van der Waals surface area contributed by atoms with E-state index in [-0.39, 0.29) is 0 Å². The number of pyridine rings is 1. The third kappa shape index (κ3) is 2.36. The molecule has 0 unspecified atom stereocenters. The van der Waals surface area contributed by atoms with Gasteiger partial charge in [-0.1, -0.05) is 23.7 Å². The molecule has 0 radical (unpaired) electrons. The van der Waals surface area contributed by atoms with Gasteiger partial charge in [-0.25, -0.2) is 4.98 Å². The molecule has 0 atom stereocenters. The van der Waals surface area contributed by atoms with E-state index in [4.69, 9.17) is 11.6 Å². The van der Waals surface area contributed by atoms with Crippen LogP contribution in [0.4, 0.5) is 0 Å². The molecule has 1 fully saturated rings. The van der Waals surface area contributed by atoms with Crippen molar-refractivity contribution >= 4 is 22.5 Å². The predicted molar refractivity (Wildman–Crippen MR) is 76.0 cm³/mol. The van der Waals surface area contributed by atoms with Crippen molar-refractivity contribution in [1.82, 2.24) is 9.88 Å². The van der Waals surface area contributed by atoms with Gasteiger partial charge in [-0.2, -0.15) is 0 Å². The van der Waals surface area contributed by atoms with E-state index in [1.54, 1.807) is 0 Å². The minimum absolute atomic E-state index is 0.653. The van der Waals surface area contributed by atoms with Crippen LogP contribution >= 0.6 is 11.6 Å². The molecule has 2 aromatic rings. The van der Waals surface area contributed by atoms with Gasteiger partial charge in [-0.3, -0.25) is 4.90 Å². The van der Waals surface area contributed by atoms with Gasteiger partial charge in [0.25, 0.3) is 0 Å². The van der Waals surface area contributed by atoms with Crippen LogP contribution in [0.5, 0.6) is 0 Å². The first-order valence-electron chi connectivity index (χ1n) is 6.50. The number of benzene rings is 1. The van der Waals surface area contributed by atoms with E-state index < -0.39 is 0 Å². The highest BCUT2D eigenvalue weighted by Gasteiger charge is 2.14. The molecule has 1 aromatic heterocycles. The van der Waals surface area contributed by atoms with Crippen LogP contribution < -0.4 is 0 Å². The van der Waals surface area contributed by atoms with Crippen molar-refractivity contribution in [2.45, 2.75) is 26.3 Å². The van der Waals surface area contributed by atoms with Crippen molar-refractivity contribution in [1.29, 1.82) is 0 Å². The van der Waals surface area contributed by atoms with E-state index in [0.29, 0.717) is 5.15 Å². The van der Waals surface area contributed by atoms with Gasteiger partial charge >= 0.3 is 0 Å². The predicted octanol–water partition coefficient (Wildman–Crippen LogP) is 3.79. The Morgan fingerprint density at radius 1 is 1.22 bits per heavy atom. The monoisotopic (exact) mass is 260 g/mol. The average molecular weight is 261 g/mol. The fraction of sp³-hybridized carbons (Fsp3) is 0.400. The van der Waals surface area contributed by atoms with E-state index in [0.717, 1.165) is 17.6 Å². The summed E-state index contributed by atoms with van der Waals surface area (Å²) in [6, 6.07) is 8.52. The molecule has 1 aliphatic rings. The molecule has 1 aromatic carbocycles. The van der Waals surface area contributed by atoms with Crippen LogP contribution in [-0.2, 0) is 6.54 Å². The summed E-state index contributed by atoms with van der Waals surface area (Å²) >= 11 is 6.30. The number of fused-ring (bicyclic) bond motifs is 1. The highest BCUT2D eigenvalue weighted by Crippen LogP contribution is 2.23. The van der Waals surface area contributed by atoms with Crippen molar-refractivity contribution in [2.24, 2.45) is 0 Å². The van der Waals surface area contributed by atoms with Gasteiger partial charge in [0, 0.05) is 17.5 Å².